The molecular weight excluding hydrogens is 166 g/mol. The summed E-state index contributed by atoms with van der Waals surface area (Å²) in [5.74, 6) is -0.284. The maximum absolute atomic E-state index is 10.9. The van der Waals surface area contributed by atoms with Crippen molar-refractivity contribution in [2.45, 2.75) is 50.6 Å². The van der Waals surface area contributed by atoms with Gasteiger partial charge in [-0.05, 0) is 38.0 Å². The van der Waals surface area contributed by atoms with Crippen LogP contribution in [0.25, 0.3) is 0 Å². The van der Waals surface area contributed by atoms with Gasteiger partial charge in [0.2, 0.25) is 0 Å². The van der Waals surface area contributed by atoms with Crippen molar-refractivity contribution in [1.82, 2.24) is 5.32 Å². The van der Waals surface area contributed by atoms with E-state index in [0.29, 0.717) is 5.92 Å². The number of carboxylic acids is 1. The van der Waals surface area contributed by atoms with Gasteiger partial charge in [-0.3, -0.25) is 10.1 Å². The summed E-state index contributed by atoms with van der Waals surface area (Å²) in [5, 5.41) is 12.3. The number of piperidine rings is 2. The number of aliphatic carboxylic acids is 1. The van der Waals surface area contributed by atoms with Gasteiger partial charge in [-0.15, -0.1) is 0 Å². The molecule has 2 N–H and O–H groups in total. The average molecular weight is 183 g/mol. The molecule has 3 nitrogen and oxygen atoms in total. The van der Waals surface area contributed by atoms with E-state index in [-0.39, 0.29) is 11.6 Å². The molecule has 1 aliphatic carbocycles. The topological polar surface area (TPSA) is 49.3 Å². The number of hydrogen-bond donors (Lipinski definition) is 2. The van der Waals surface area contributed by atoms with Crippen LogP contribution >= 0.6 is 0 Å². The molecule has 3 aliphatic rings. The van der Waals surface area contributed by atoms with Crippen LogP contribution in [0.2, 0.25) is 0 Å². The van der Waals surface area contributed by atoms with Crippen molar-refractivity contribution in [3.63, 3.8) is 0 Å². The third kappa shape index (κ3) is 1.35. The summed E-state index contributed by atoms with van der Waals surface area (Å²) < 4.78 is 0. The van der Waals surface area contributed by atoms with Crippen LogP contribution in [-0.2, 0) is 4.79 Å². The highest BCUT2D eigenvalue weighted by Gasteiger charge is 2.46. The van der Waals surface area contributed by atoms with E-state index in [9.17, 15) is 4.79 Å². The van der Waals surface area contributed by atoms with Crippen LogP contribution in [-0.4, -0.2) is 22.7 Å². The highest BCUT2D eigenvalue weighted by Crippen LogP contribution is 2.41. The van der Waals surface area contributed by atoms with Gasteiger partial charge in [0, 0.05) is 5.54 Å². The maximum Gasteiger partial charge on any atom is 0.320 e. The van der Waals surface area contributed by atoms with Gasteiger partial charge in [0.25, 0.3) is 0 Å². The van der Waals surface area contributed by atoms with Crippen LogP contribution in [0.5, 0.6) is 0 Å². The summed E-state index contributed by atoms with van der Waals surface area (Å²) in [7, 11) is 0. The Hall–Kier alpha value is -0.570. The van der Waals surface area contributed by atoms with Crippen LogP contribution in [0.3, 0.4) is 0 Å². The molecule has 0 aromatic heterocycles. The summed E-state index contributed by atoms with van der Waals surface area (Å²) in [6.45, 7) is 2.15. The molecule has 2 aliphatic heterocycles. The van der Waals surface area contributed by atoms with E-state index >= 15 is 0 Å². The predicted molar refractivity (Wildman–Crippen MR) is 49.5 cm³/mol. The van der Waals surface area contributed by atoms with Crippen molar-refractivity contribution in [1.29, 1.82) is 0 Å². The second-order valence-corrected chi connectivity index (χ2v) is 4.43. The third-order valence-corrected chi connectivity index (χ3v) is 3.86. The van der Waals surface area contributed by atoms with E-state index in [0.717, 1.165) is 32.1 Å². The van der Waals surface area contributed by atoms with E-state index in [2.05, 4.69) is 12.2 Å². The van der Waals surface area contributed by atoms with E-state index < -0.39 is 5.97 Å². The molecule has 3 fully saturated rings. The third-order valence-electron chi connectivity index (χ3n) is 3.86. The largest absolute Gasteiger partial charge is 0.480 e. The minimum Gasteiger partial charge on any atom is -0.480 e. The van der Waals surface area contributed by atoms with Gasteiger partial charge in [-0.25, -0.2) is 0 Å². The van der Waals surface area contributed by atoms with Gasteiger partial charge in [0.05, 0.1) is 0 Å². The second-order valence-electron chi connectivity index (χ2n) is 4.43. The van der Waals surface area contributed by atoms with Crippen LogP contribution < -0.4 is 5.32 Å². The summed E-state index contributed by atoms with van der Waals surface area (Å²) in [6.07, 6.45) is 5.58. The Kier molecular flexibility index (Phi) is 2.06. The van der Waals surface area contributed by atoms with E-state index in [1.807, 2.05) is 0 Å². The van der Waals surface area contributed by atoms with Gasteiger partial charge < -0.3 is 5.11 Å². The Balaban J connectivity index is 2.15. The number of nitrogens with one attached hydrogen (secondary N) is 1. The number of fused-ring (bicyclic) bond motifs is 3. The van der Waals surface area contributed by atoms with Crippen molar-refractivity contribution >= 4 is 5.97 Å². The number of carbonyl (C=O) groups is 1. The van der Waals surface area contributed by atoms with Crippen molar-refractivity contribution in [3.8, 4) is 0 Å². The lowest BCUT2D eigenvalue weighted by molar-refractivity contribution is -0.145. The number of carboxylic acid groups (broad SMARTS) is 1. The quantitative estimate of drug-likeness (QED) is 0.680. The molecule has 1 saturated carbocycles. The molecule has 0 radical (unpaired) electrons. The monoisotopic (exact) mass is 183 g/mol. The molecular formula is C10H17NO2. The smallest absolute Gasteiger partial charge is 0.320 e. The lowest BCUT2D eigenvalue weighted by Crippen LogP contribution is -2.63. The minimum atomic E-state index is -0.665. The molecule has 2 saturated heterocycles. The maximum atomic E-state index is 10.9. The van der Waals surface area contributed by atoms with Gasteiger partial charge in [-0.1, -0.05) is 6.92 Å². The molecule has 0 spiro atoms. The Morgan fingerprint density at radius 1 is 1.54 bits per heavy atom. The van der Waals surface area contributed by atoms with Crippen molar-refractivity contribution in [2.75, 3.05) is 0 Å². The summed E-state index contributed by atoms with van der Waals surface area (Å²) >= 11 is 0. The zero-order chi connectivity index (χ0) is 9.47. The van der Waals surface area contributed by atoms with Gasteiger partial charge in [0.1, 0.15) is 6.04 Å². The van der Waals surface area contributed by atoms with E-state index in [1.165, 1.54) is 0 Å². The standard InChI is InChI=1S/C10H17NO2/c1-2-10-5-3-7(4-6-10)8(11-10)9(12)13/h7-8,11H,2-6H2,1H3,(H,12,13). The number of rotatable bonds is 2. The minimum absolute atomic E-state index is 0.151. The molecule has 74 valence electrons. The first-order valence-electron chi connectivity index (χ1n) is 5.17. The molecule has 1 unspecified atom stereocenters. The Labute approximate surface area is 78.5 Å². The highest BCUT2D eigenvalue weighted by atomic mass is 16.4. The SMILES string of the molecule is CCC12CCC(CC1)C(C(=O)O)N2. The van der Waals surface area contributed by atoms with Crippen molar-refractivity contribution in [3.05, 3.63) is 0 Å². The predicted octanol–water partition coefficient (Wildman–Crippen LogP) is 1.38. The van der Waals surface area contributed by atoms with Gasteiger partial charge in [-0.2, -0.15) is 0 Å². The van der Waals surface area contributed by atoms with E-state index in [1.54, 1.807) is 0 Å². The molecule has 3 rings (SSSR count). The van der Waals surface area contributed by atoms with Crippen LogP contribution in [0.4, 0.5) is 0 Å². The summed E-state index contributed by atoms with van der Waals surface area (Å²) in [4.78, 5) is 10.9. The Morgan fingerprint density at radius 3 is 2.62 bits per heavy atom. The fraction of sp³-hybridized carbons (Fsp3) is 0.900. The van der Waals surface area contributed by atoms with Crippen LogP contribution in [0.15, 0.2) is 0 Å². The lowest BCUT2D eigenvalue weighted by atomic mass is 9.67. The molecule has 0 amide bonds. The summed E-state index contributed by atoms with van der Waals surface area (Å²) in [5.41, 5.74) is 0.151. The molecule has 2 bridgehead atoms. The fourth-order valence-electron chi connectivity index (χ4n) is 2.84. The Morgan fingerprint density at radius 2 is 2.15 bits per heavy atom. The van der Waals surface area contributed by atoms with Gasteiger partial charge >= 0.3 is 5.97 Å². The summed E-state index contributed by atoms with van der Waals surface area (Å²) in [6, 6.07) is -0.276. The molecule has 2 heterocycles. The highest BCUT2D eigenvalue weighted by molar-refractivity contribution is 5.74. The van der Waals surface area contributed by atoms with Crippen molar-refractivity contribution in [2.24, 2.45) is 5.92 Å². The molecule has 0 aromatic carbocycles. The van der Waals surface area contributed by atoms with Gasteiger partial charge in [0.15, 0.2) is 0 Å². The number of hydrogen-bond acceptors (Lipinski definition) is 2. The van der Waals surface area contributed by atoms with E-state index in [4.69, 9.17) is 5.11 Å². The van der Waals surface area contributed by atoms with Crippen molar-refractivity contribution < 1.29 is 9.90 Å². The fourth-order valence-corrected chi connectivity index (χ4v) is 2.84. The molecule has 3 heteroatoms. The zero-order valence-electron chi connectivity index (χ0n) is 8.05. The first-order chi connectivity index (χ1) is 6.17. The zero-order valence-corrected chi connectivity index (χ0v) is 8.05. The molecule has 1 atom stereocenters. The average Bonchev–Trinajstić information content (AvgIpc) is 2.19. The molecule has 13 heavy (non-hydrogen) atoms. The lowest BCUT2D eigenvalue weighted by Gasteiger charge is -2.50. The Bertz CT molecular complexity index is 219. The first kappa shape index (κ1) is 9.00. The molecule has 0 aromatic rings. The van der Waals surface area contributed by atoms with Crippen LogP contribution in [0.1, 0.15) is 39.0 Å². The normalized spacial score (nSPS) is 43.5. The second kappa shape index (κ2) is 2.98. The first-order valence-corrected chi connectivity index (χ1v) is 5.17. The van der Waals surface area contributed by atoms with Crippen LogP contribution in [0, 0.1) is 5.92 Å².